The molecule has 4 aliphatic heterocycles. The summed E-state index contributed by atoms with van der Waals surface area (Å²) in [6, 6.07) is 3.28. The first-order valence-corrected chi connectivity index (χ1v) is 22.1. The molecule has 2 N–H and O–H groups in total. The molecular weight excluding hydrogens is 827 g/mol. The second-order valence-electron chi connectivity index (χ2n) is 17.9. The van der Waals surface area contributed by atoms with Gasteiger partial charge in [-0.05, 0) is 69.9 Å². The third-order valence-electron chi connectivity index (χ3n) is 13.6. The second-order valence-corrected chi connectivity index (χ2v) is 17.9. The lowest BCUT2D eigenvalue weighted by molar-refractivity contribution is 0.0952. The smallest absolute Gasteiger partial charge is 0.256 e. The average molecular weight is 873 g/mol. The van der Waals surface area contributed by atoms with Crippen molar-refractivity contribution in [3.63, 3.8) is 0 Å². The number of carbonyl (C=O) groups excluding carboxylic acids is 1. The van der Waals surface area contributed by atoms with E-state index in [0.717, 1.165) is 92.4 Å². The highest BCUT2D eigenvalue weighted by atomic mass is 19.1. The van der Waals surface area contributed by atoms with E-state index in [4.69, 9.17) is 28.9 Å². The van der Waals surface area contributed by atoms with Crippen LogP contribution in [-0.4, -0.2) is 95.7 Å². The Hall–Kier alpha value is -6.79. The molecule has 7 aliphatic rings. The molecule has 13 rings (SSSR count). The quantitative estimate of drug-likeness (QED) is 0.199. The molecule has 64 heavy (non-hydrogen) atoms. The van der Waals surface area contributed by atoms with Gasteiger partial charge in [0.05, 0.1) is 81.1 Å². The standard InChI is InChI=1S/C24H25FN6O2.C21H21FN6O3/c1-14-17-9-28-31-11-20-22(29-21(17)31)30(18-3-2-4-19(18)33-20)10-15-7-16(25)8-26-23(15)32-13-24(5-6-24)12-27-14;22-13-7-12-10-27-15-3-1-4-16(15)31-17-11-28-18(26-19(17)27)14(9-25-28)20(29)23-5-2-6-30-21(12)24-8-13/h7-9,11,18-19,27H,1-6,10,12-13H2;7-9,11,15-16H,1-6,10H2,(H,23,29)/t18-,19+;15-,16+/m11/s1. The van der Waals surface area contributed by atoms with Crippen LogP contribution in [0.4, 0.5) is 20.4 Å². The largest absolute Gasteiger partial charge is 0.483 e. The van der Waals surface area contributed by atoms with Crippen LogP contribution in [0.1, 0.15) is 84.8 Å². The molecule has 6 aromatic rings. The number of hydrogen-bond donors (Lipinski definition) is 2. The molecule has 3 fully saturated rings. The zero-order chi connectivity index (χ0) is 43.1. The molecule has 330 valence electrons. The minimum atomic E-state index is -0.409. The fraction of sp³-hybridized carbons (Fsp3) is 0.444. The van der Waals surface area contributed by atoms with Gasteiger partial charge < -0.3 is 39.4 Å². The summed E-state index contributed by atoms with van der Waals surface area (Å²) in [4.78, 5) is 35.4. The molecule has 1 amide bonds. The van der Waals surface area contributed by atoms with E-state index in [1.54, 1.807) is 21.4 Å². The van der Waals surface area contributed by atoms with Crippen LogP contribution in [0.15, 0.2) is 55.9 Å². The van der Waals surface area contributed by atoms with E-state index in [2.05, 4.69) is 47.2 Å². The lowest BCUT2D eigenvalue weighted by Gasteiger charge is -2.39. The molecule has 10 heterocycles. The van der Waals surface area contributed by atoms with E-state index in [-0.39, 0.29) is 41.4 Å². The maximum atomic E-state index is 14.3. The highest BCUT2D eigenvalue weighted by Crippen LogP contribution is 2.47. The number of amides is 1. The van der Waals surface area contributed by atoms with Gasteiger partial charge in [-0.3, -0.25) is 4.79 Å². The Morgan fingerprint density at radius 2 is 1.30 bits per heavy atom. The Balaban J connectivity index is 0.000000136. The normalized spacial score (nSPS) is 24.0. The summed E-state index contributed by atoms with van der Waals surface area (Å²) in [6.45, 7) is 7.16. The number of hydrogen-bond acceptors (Lipinski definition) is 14. The first-order chi connectivity index (χ1) is 31.3. The summed E-state index contributed by atoms with van der Waals surface area (Å²) in [6.07, 6.45) is 18.2. The monoisotopic (exact) mass is 872 g/mol. The van der Waals surface area contributed by atoms with Gasteiger partial charge in [-0.1, -0.05) is 6.58 Å². The van der Waals surface area contributed by atoms with Crippen LogP contribution in [0.5, 0.6) is 23.3 Å². The molecule has 1 spiro atoms. The van der Waals surface area contributed by atoms with E-state index in [1.807, 2.05) is 6.20 Å². The number of pyridine rings is 2. The predicted octanol–water partition coefficient (Wildman–Crippen LogP) is 5.41. The first-order valence-electron chi connectivity index (χ1n) is 22.1. The van der Waals surface area contributed by atoms with Crippen molar-refractivity contribution in [2.24, 2.45) is 5.41 Å². The number of ether oxygens (including phenoxy) is 4. The molecule has 3 saturated carbocycles. The molecule has 0 saturated heterocycles. The summed E-state index contributed by atoms with van der Waals surface area (Å²) >= 11 is 0. The molecule has 4 atom stereocenters. The van der Waals surface area contributed by atoms with Gasteiger partial charge in [-0.25, -0.2) is 37.7 Å². The maximum Gasteiger partial charge on any atom is 0.256 e. The topological polar surface area (TPSA) is 171 Å². The second kappa shape index (κ2) is 15.2. The average Bonchev–Trinajstić information content (AvgIpc) is 3.76. The van der Waals surface area contributed by atoms with Crippen LogP contribution in [0.3, 0.4) is 0 Å². The Labute approximate surface area is 365 Å². The van der Waals surface area contributed by atoms with Crippen molar-refractivity contribution in [1.82, 2.24) is 49.8 Å². The zero-order valence-electron chi connectivity index (χ0n) is 35.0. The minimum Gasteiger partial charge on any atom is -0.483 e. The van der Waals surface area contributed by atoms with Gasteiger partial charge in [0.1, 0.15) is 29.4 Å². The summed E-state index contributed by atoms with van der Waals surface area (Å²) in [5, 5.41) is 15.2. The zero-order valence-corrected chi connectivity index (χ0v) is 35.0. The summed E-state index contributed by atoms with van der Waals surface area (Å²) in [5.41, 5.74) is 4.69. The molecule has 0 radical (unpaired) electrons. The van der Waals surface area contributed by atoms with Crippen LogP contribution < -0.4 is 39.4 Å². The lowest BCUT2D eigenvalue weighted by atomic mass is 10.1. The lowest BCUT2D eigenvalue weighted by Crippen LogP contribution is -2.47. The van der Waals surface area contributed by atoms with Crippen molar-refractivity contribution in [1.29, 1.82) is 0 Å². The maximum absolute atomic E-state index is 14.3. The number of nitrogens with one attached hydrogen (secondary N) is 2. The fourth-order valence-corrected chi connectivity index (χ4v) is 10.0. The first kappa shape index (κ1) is 38.9. The van der Waals surface area contributed by atoms with Crippen molar-refractivity contribution in [2.75, 3.05) is 36.1 Å². The summed E-state index contributed by atoms with van der Waals surface area (Å²) in [5.74, 6) is 2.54. The highest BCUT2D eigenvalue weighted by molar-refractivity contribution is 5.99. The molecular formula is C45H46F2N12O5. The van der Waals surface area contributed by atoms with Crippen LogP contribution in [-0.2, 0) is 13.1 Å². The molecule has 17 nitrogen and oxygen atoms in total. The van der Waals surface area contributed by atoms with Crippen molar-refractivity contribution >= 4 is 34.5 Å². The van der Waals surface area contributed by atoms with Crippen molar-refractivity contribution < 1.29 is 32.5 Å². The Morgan fingerprint density at radius 3 is 1.91 bits per heavy atom. The van der Waals surface area contributed by atoms with E-state index in [0.29, 0.717) is 85.1 Å². The molecule has 0 aromatic carbocycles. The molecule has 4 bridgehead atoms. The van der Waals surface area contributed by atoms with E-state index >= 15 is 0 Å². The van der Waals surface area contributed by atoms with E-state index in [1.165, 1.54) is 24.5 Å². The van der Waals surface area contributed by atoms with Crippen LogP contribution in [0, 0.1) is 17.0 Å². The molecule has 6 aromatic heterocycles. The number of rotatable bonds is 0. The van der Waals surface area contributed by atoms with Gasteiger partial charge in [-0.2, -0.15) is 10.2 Å². The minimum absolute atomic E-state index is 0.0230. The molecule has 0 unspecified atom stereocenters. The van der Waals surface area contributed by atoms with Gasteiger partial charge in [0.15, 0.2) is 34.4 Å². The van der Waals surface area contributed by atoms with Gasteiger partial charge in [0.25, 0.3) is 5.91 Å². The van der Waals surface area contributed by atoms with Crippen LogP contribution in [0.2, 0.25) is 0 Å². The van der Waals surface area contributed by atoms with Crippen molar-refractivity contribution in [2.45, 2.75) is 95.2 Å². The Morgan fingerprint density at radius 1 is 0.719 bits per heavy atom. The van der Waals surface area contributed by atoms with E-state index < -0.39 is 5.82 Å². The third-order valence-corrected chi connectivity index (χ3v) is 13.6. The summed E-state index contributed by atoms with van der Waals surface area (Å²) in [7, 11) is 0. The number of anilines is 2. The van der Waals surface area contributed by atoms with Gasteiger partial charge in [0, 0.05) is 35.3 Å². The number of halogens is 2. The van der Waals surface area contributed by atoms with Crippen LogP contribution in [0.25, 0.3) is 17.0 Å². The Kier molecular flexibility index (Phi) is 9.22. The van der Waals surface area contributed by atoms with Gasteiger partial charge in [-0.15, -0.1) is 0 Å². The number of fused-ring (bicyclic) bond motifs is 6. The SMILES string of the molecule is C=C1NCC2(CC2)COc2ncc(F)cc2CN2c3nc4c1cnn4cc3O[C@H]1CCC[C@H]12.O=C1NCCCOc2ncc(F)cc2CN2c3nc4c1cnn4cc3O[C@H]1CCC[C@H]12. The Bertz CT molecular complexity index is 2850. The number of nitrogens with zero attached hydrogens (tertiary/aromatic N) is 10. The van der Waals surface area contributed by atoms with E-state index in [9.17, 15) is 13.6 Å². The third kappa shape index (κ3) is 6.82. The summed E-state index contributed by atoms with van der Waals surface area (Å²) < 4.78 is 56.4. The van der Waals surface area contributed by atoms with Gasteiger partial charge >= 0.3 is 0 Å². The van der Waals surface area contributed by atoms with Crippen molar-refractivity contribution in [3.8, 4) is 23.3 Å². The highest BCUT2D eigenvalue weighted by Gasteiger charge is 2.45. The van der Waals surface area contributed by atoms with Crippen molar-refractivity contribution in [3.05, 3.63) is 89.8 Å². The molecule has 19 heteroatoms. The number of carbonyl (C=O) groups is 1. The number of aromatic nitrogens is 8. The molecule has 3 aliphatic carbocycles. The predicted molar refractivity (Wildman–Crippen MR) is 227 cm³/mol. The fourth-order valence-electron chi connectivity index (χ4n) is 10.0. The van der Waals surface area contributed by atoms with Gasteiger partial charge in [0.2, 0.25) is 11.8 Å². The van der Waals surface area contributed by atoms with Crippen LogP contribution >= 0.6 is 0 Å².